The van der Waals surface area contributed by atoms with Crippen molar-refractivity contribution in [2.75, 3.05) is 33.4 Å². The van der Waals surface area contributed by atoms with E-state index in [2.05, 4.69) is 0 Å². The lowest BCUT2D eigenvalue weighted by molar-refractivity contribution is -0.141. The molecule has 0 aromatic rings. The number of methoxy groups -OCH3 is 1. The molecule has 3 unspecified atom stereocenters. The molecule has 2 aliphatic rings. The van der Waals surface area contributed by atoms with E-state index < -0.39 is 0 Å². The highest BCUT2D eigenvalue weighted by Gasteiger charge is 2.35. The summed E-state index contributed by atoms with van der Waals surface area (Å²) >= 11 is 0. The van der Waals surface area contributed by atoms with Gasteiger partial charge in [-0.25, -0.2) is 0 Å². The van der Waals surface area contributed by atoms with E-state index in [4.69, 9.17) is 15.2 Å². The number of rotatable bonds is 4. The van der Waals surface area contributed by atoms with Crippen LogP contribution >= 0.6 is 0 Å². The molecule has 2 fully saturated rings. The molecule has 0 aliphatic carbocycles. The van der Waals surface area contributed by atoms with Crippen LogP contribution in [0, 0.1) is 5.92 Å². The first-order valence-electron chi connectivity index (χ1n) is 6.37. The molecule has 2 aliphatic heterocycles. The topological polar surface area (TPSA) is 64.8 Å². The van der Waals surface area contributed by atoms with Crippen molar-refractivity contribution in [3.05, 3.63) is 0 Å². The predicted octanol–water partition coefficient (Wildman–Crippen LogP) is -0.0124. The second-order valence-corrected chi connectivity index (χ2v) is 4.95. The Morgan fingerprint density at radius 1 is 1.47 bits per heavy atom. The largest absolute Gasteiger partial charge is 0.384 e. The molecule has 2 heterocycles. The average molecular weight is 242 g/mol. The van der Waals surface area contributed by atoms with Crippen LogP contribution in [0.5, 0.6) is 0 Å². The third-order valence-electron chi connectivity index (χ3n) is 3.65. The van der Waals surface area contributed by atoms with Crippen LogP contribution in [0.2, 0.25) is 0 Å². The Morgan fingerprint density at radius 2 is 2.29 bits per heavy atom. The second-order valence-electron chi connectivity index (χ2n) is 4.95. The highest BCUT2D eigenvalue weighted by Crippen LogP contribution is 2.24. The molecule has 0 radical (unpaired) electrons. The average Bonchev–Trinajstić information content (AvgIpc) is 2.97. The van der Waals surface area contributed by atoms with E-state index in [1.165, 1.54) is 0 Å². The van der Waals surface area contributed by atoms with Crippen molar-refractivity contribution >= 4 is 5.91 Å². The summed E-state index contributed by atoms with van der Waals surface area (Å²) in [4.78, 5) is 14.1. The summed E-state index contributed by atoms with van der Waals surface area (Å²) in [6.07, 6.45) is 2.56. The van der Waals surface area contributed by atoms with Gasteiger partial charge in [0.2, 0.25) is 0 Å². The minimum absolute atomic E-state index is 0.0707. The molecule has 5 heteroatoms. The van der Waals surface area contributed by atoms with Gasteiger partial charge in [0, 0.05) is 32.7 Å². The van der Waals surface area contributed by atoms with Crippen LogP contribution in [0.4, 0.5) is 0 Å². The Morgan fingerprint density at radius 3 is 2.94 bits per heavy atom. The fraction of sp³-hybridized carbons (Fsp3) is 0.917. The summed E-state index contributed by atoms with van der Waals surface area (Å²) in [6, 6.07) is 0. The van der Waals surface area contributed by atoms with Gasteiger partial charge in [-0.1, -0.05) is 0 Å². The third kappa shape index (κ3) is 2.97. The fourth-order valence-corrected chi connectivity index (χ4v) is 2.67. The van der Waals surface area contributed by atoms with Gasteiger partial charge >= 0.3 is 0 Å². The van der Waals surface area contributed by atoms with E-state index in [-0.39, 0.29) is 18.1 Å². The van der Waals surface area contributed by atoms with Crippen LogP contribution < -0.4 is 5.73 Å². The van der Waals surface area contributed by atoms with Gasteiger partial charge in [-0.15, -0.1) is 0 Å². The summed E-state index contributed by atoms with van der Waals surface area (Å²) < 4.78 is 10.8. The van der Waals surface area contributed by atoms with Crippen molar-refractivity contribution in [3.63, 3.8) is 0 Å². The van der Waals surface area contributed by atoms with Gasteiger partial charge in [0.25, 0.3) is 5.91 Å². The zero-order valence-electron chi connectivity index (χ0n) is 10.4. The lowest BCUT2D eigenvalue weighted by atomic mass is 10.1. The number of hydrogen-bond acceptors (Lipinski definition) is 4. The number of likely N-dealkylation sites (tertiary alicyclic amines) is 1. The molecule has 3 atom stereocenters. The van der Waals surface area contributed by atoms with Crippen LogP contribution in [0.15, 0.2) is 0 Å². The summed E-state index contributed by atoms with van der Waals surface area (Å²) in [5, 5.41) is 0. The van der Waals surface area contributed by atoms with Crippen LogP contribution in [0.3, 0.4) is 0 Å². The molecule has 0 spiro atoms. The van der Waals surface area contributed by atoms with E-state index in [1.54, 1.807) is 7.11 Å². The minimum atomic E-state index is -0.259. The Hall–Kier alpha value is -0.650. The van der Waals surface area contributed by atoms with Crippen molar-refractivity contribution in [2.24, 2.45) is 11.7 Å². The third-order valence-corrected chi connectivity index (χ3v) is 3.65. The smallest absolute Gasteiger partial charge is 0.251 e. The molecule has 2 N–H and O–H groups in total. The Labute approximate surface area is 102 Å². The first kappa shape index (κ1) is 12.8. The molecule has 2 saturated heterocycles. The fourth-order valence-electron chi connectivity index (χ4n) is 2.67. The van der Waals surface area contributed by atoms with E-state index in [0.29, 0.717) is 12.5 Å². The minimum Gasteiger partial charge on any atom is -0.384 e. The van der Waals surface area contributed by atoms with Crippen LogP contribution in [0.25, 0.3) is 0 Å². The normalized spacial score (nSPS) is 33.3. The Kier molecular flexibility index (Phi) is 4.36. The molecule has 5 nitrogen and oxygen atoms in total. The van der Waals surface area contributed by atoms with Gasteiger partial charge < -0.3 is 20.1 Å². The summed E-state index contributed by atoms with van der Waals surface area (Å²) in [5.41, 5.74) is 5.54. The van der Waals surface area contributed by atoms with E-state index in [9.17, 15) is 4.79 Å². The lowest BCUT2D eigenvalue weighted by Gasteiger charge is -2.20. The summed E-state index contributed by atoms with van der Waals surface area (Å²) in [7, 11) is 1.70. The second kappa shape index (κ2) is 5.80. The highest BCUT2D eigenvalue weighted by molar-refractivity contribution is 5.81. The zero-order valence-corrected chi connectivity index (χ0v) is 10.4. The zero-order chi connectivity index (χ0) is 12.3. The number of nitrogens with two attached hydrogens (primary N) is 1. The molecule has 0 saturated carbocycles. The van der Waals surface area contributed by atoms with Crippen LogP contribution in [-0.2, 0) is 14.3 Å². The van der Waals surface area contributed by atoms with Crippen molar-refractivity contribution in [1.82, 2.24) is 4.90 Å². The van der Waals surface area contributed by atoms with Crippen molar-refractivity contribution in [2.45, 2.75) is 31.5 Å². The first-order chi connectivity index (χ1) is 8.24. The van der Waals surface area contributed by atoms with Crippen LogP contribution in [0.1, 0.15) is 19.3 Å². The maximum atomic E-state index is 12.2. The molecule has 98 valence electrons. The van der Waals surface area contributed by atoms with Gasteiger partial charge in [0.1, 0.15) is 6.10 Å². The van der Waals surface area contributed by atoms with Crippen LogP contribution in [-0.4, -0.2) is 56.4 Å². The molecule has 0 aromatic carbocycles. The number of hydrogen-bond donors (Lipinski definition) is 1. The quantitative estimate of drug-likeness (QED) is 0.753. The molecule has 17 heavy (non-hydrogen) atoms. The first-order valence-corrected chi connectivity index (χ1v) is 6.37. The lowest BCUT2D eigenvalue weighted by Crippen LogP contribution is -2.38. The number of ether oxygens (including phenoxy) is 2. The van der Waals surface area contributed by atoms with E-state index in [1.807, 2.05) is 4.90 Å². The summed E-state index contributed by atoms with van der Waals surface area (Å²) in [5.74, 6) is 0.621. The molecule has 0 bridgehead atoms. The number of nitrogens with zero attached hydrogens (tertiary/aromatic N) is 1. The van der Waals surface area contributed by atoms with Gasteiger partial charge in [-0.05, 0) is 19.3 Å². The van der Waals surface area contributed by atoms with Gasteiger partial charge in [-0.3, -0.25) is 4.79 Å². The van der Waals surface area contributed by atoms with E-state index in [0.717, 1.165) is 39.0 Å². The monoisotopic (exact) mass is 242 g/mol. The number of amides is 1. The van der Waals surface area contributed by atoms with Crippen molar-refractivity contribution in [3.8, 4) is 0 Å². The molecule has 0 aromatic heterocycles. The molecular weight excluding hydrogens is 220 g/mol. The van der Waals surface area contributed by atoms with Gasteiger partial charge in [0.05, 0.1) is 12.7 Å². The maximum absolute atomic E-state index is 12.2. The Bertz CT molecular complexity index is 272. The summed E-state index contributed by atoms with van der Waals surface area (Å²) in [6.45, 7) is 2.89. The molecule has 2 rings (SSSR count). The van der Waals surface area contributed by atoms with Crippen molar-refractivity contribution in [1.29, 1.82) is 0 Å². The van der Waals surface area contributed by atoms with Crippen molar-refractivity contribution < 1.29 is 14.3 Å². The number of carbonyl (C=O) groups excluding carboxylic acids is 1. The predicted molar refractivity (Wildman–Crippen MR) is 63.5 cm³/mol. The molecule has 1 amide bonds. The maximum Gasteiger partial charge on any atom is 0.251 e. The van der Waals surface area contributed by atoms with Gasteiger partial charge in [0.15, 0.2) is 0 Å². The van der Waals surface area contributed by atoms with Gasteiger partial charge in [-0.2, -0.15) is 0 Å². The standard InChI is InChI=1S/C12H22N2O3/c1-16-8-9-4-5-14(7-9)12(15)11-3-2-10(6-13)17-11/h9-11H,2-8,13H2,1H3. The van der Waals surface area contributed by atoms with E-state index >= 15 is 0 Å². The SMILES string of the molecule is COCC1CCN(C(=O)C2CCC(CN)O2)C1. The Balaban J connectivity index is 1.81. The number of carbonyl (C=O) groups is 1. The molecular formula is C12H22N2O3. The highest BCUT2D eigenvalue weighted by atomic mass is 16.5.